The van der Waals surface area contributed by atoms with Gasteiger partial charge in [-0.15, -0.1) is 0 Å². The molecule has 1 atom stereocenters. The topological polar surface area (TPSA) is 56.9 Å². The fourth-order valence-electron chi connectivity index (χ4n) is 2.80. The molecule has 4 heteroatoms. The zero-order chi connectivity index (χ0) is 14.2. The van der Waals surface area contributed by atoms with Crippen LogP contribution in [0.1, 0.15) is 5.69 Å². The summed E-state index contributed by atoms with van der Waals surface area (Å²) in [6, 6.07) is 17.7. The Balaban J connectivity index is 1.61. The Kier molecular flexibility index (Phi) is 2.67. The first-order valence-electron chi connectivity index (χ1n) is 7.03. The quantitative estimate of drug-likeness (QED) is 0.674. The molecule has 0 spiro atoms. The molecule has 1 aromatic heterocycles. The number of anilines is 2. The number of aromatic amines is 1. The van der Waals surface area contributed by atoms with Gasteiger partial charge in [-0.3, -0.25) is 4.79 Å². The largest absolute Gasteiger partial charge is 0.372 e. The molecule has 1 amide bonds. The lowest BCUT2D eigenvalue weighted by atomic mass is 10.1. The van der Waals surface area contributed by atoms with Crippen molar-refractivity contribution in [2.75, 3.05) is 10.6 Å². The zero-order valence-electron chi connectivity index (χ0n) is 11.4. The van der Waals surface area contributed by atoms with Crippen molar-refractivity contribution in [1.29, 1.82) is 0 Å². The van der Waals surface area contributed by atoms with Crippen molar-refractivity contribution in [3.8, 4) is 0 Å². The molecule has 2 heterocycles. The van der Waals surface area contributed by atoms with Gasteiger partial charge in [-0.25, -0.2) is 0 Å². The Morgan fingerprint density at radius 1 is 0.952 bits per heavy atom. The summed E-state index contributed by atoms with van der Waals surface area (Å²) in [5.41, 5.74) is 3.97. The highest BCUT2D eigenvalue weighted by Crippen LogP contribution is 2.27. The molecule has 0 fully saturated rings. The summed E-state index contributed by atoms with van der Waals surface area (Å²) in [6.07, 6.45) is 0.634. The van der Waals surface area contributed by atoms with Gasteiger partial charge < -0.3 is 15.6 Å². The van der Waals surface area contributed by atoms with Crippen LogP contribution >= 0.6 is 0 Å². The predicted molar refractivity (Wildman–Crippen MR) is 84.5 cm³/mol. The maximum atomic E-state index is 12.2. The Morgan fingerprint density at radius 2 is 1.71 bits per heavy atom. The van der Waals surface area contributed by atoms with Crippen molar-refractivity contribution in [2.24, 2.45) is 0 Å². The van der Waals surface area contributed by atoms with Gasteiger partial charge in [0.1, 0.15) is 6.04 Å². The molecule has 0 saturated carbocycles. The highest BCUT2D eigenvalue weighted by molar-refractivity contribution is 6.03. The van der Waals surface area contributed by atoms with Crippen LogP contribution in [0.2, 0.25) is 0 Å². The molecule has 1 aliphatic rings. The molecule has 104 valence electrons. The summed E-state index contributed by atoms with van der Waals surface area (Å²) in [4.78, 5) is 15.6. The summed E-state index contributed by atoms with van der Waals surface area (Å²) in [7, 11) is 0. The van der Waals surface area contributed by atoms with Crippen molar-refractivity contribution in [1.82, 2.24) is 4.98 Å². The molecule has 0 bridgehead atoms. The number of hydrogen-bond acceptors (Lipinski definition) is 2. The fourth-order valence-corrected chi connectivity index (χ4v) is 2.80. The van der Waals surface area contributed by atoms with Crippen molar-refractivity contribution < 1.29 is 4.79 Å². The third-order valence-corrected chi connectivity index (χ3v) is 3.84. The number of para-hydroxylation sites is 3. The smallest absolute Gasteiger partial charge is 0.247 e. The number of nitrogens with one attached hydrogen (secondary N) is 3. The molecule has 0 saturated heterocycles. The van der Waals surface area contributed by atoms with Crippen molar-refractivity contribution in [3.05, 3.63) is 60.3 Å². The molecule has 3 aromatic rings. The maximum Gasteiger partial charge on any atom is 0.247 e. The number of carbonyl (C=O) groups excluding carboxylic acids is 1. The van der Waals surface area contributed by atoms with Crippen LogP contribution in [-0.2, 0) is 11.2 Å². The van der Waals surface area contributed by atoms with E-state index in [-0.39, 0.29) is 11.9 Å². The maximum absolute atomic E-state index is 12.2. The third-order valence-electron chi connectivity index (χ3n) is 3.84. The summed E-state index contributed by atoms with van der Waals surface area (Å²) in [5.74, 6) is 0.00681. The van der Waals surface area contributed by atoms with Crippen molar-refractivity contribution in [3.63, 3.8) is 0 Å². The van der Waals surface area contributed by atoms with Crippen LogP contribution in [0.15, 0.2) is 54.6 Å². The van der Waals surface area contributed by atoms with Crippen LogP contribution in [0.3, 0.4) is 0 Å². The summed E-state index contributed by atoms with van der Waals surface area (Å²) >= 11 is 0. The lowest BCUT2D eigenvalue weighted by Gasteiger charge is -2.26. The van der Waals surface area contributed by atoms with Gasteiger partial charge in [0, 0.05) is 17.6 Å². The number of benzene rings is 2. The molecule has 4 rings (SSSR count). The van der Waals surface area contributed by atoms with Crippen LogP contribution in [0.4, 0.5) is 11.4 Å². The van der Waals surface area contributed by atoms with E-state index in [1.54, 1.807) is 0 Å². The summed E-state index contributed by atoms with van der Waals surface area (Å²) < 4.78 is 0. The Bertz CT molecular complexity index is 789. The van der Waals surface area contributed by atoms with Crippen LogP contribution in [-0.4, -0.2) is 16.9 Å². The first-order chi connectivity index (χ1) is 10.3. The molecule has 2 aromatic carbocycles. The predicted octanol–water partition coefficient (Wildman–Crippen LogP) is 3.14. The van der Waals surface area contributed by atoms with Crippen LogP contribution in [0.25, 0.3) is 10.9 Å². The minimum absolute atomic E-state index is 0.00681. The molecular weight excluding hydrogens is 262 g/mol. The fraction of sp³-hybridized carbons (Fsp3) is 0.118. The van der Waals surface area contributed by atoms with E-state index in [1.165, 1.54) is 5.39 Å². The first-order valence-corrected chi connectivity index (χ1v) is 7.03. The van der Waals surface area contributed by atoms with E-state index in [0.29, 0.717) is 6.42 Å². The minimum Gasteiger partial charge on any atom is -0.372 e. The molecule has 21 heavy (non-hydrogen) atoms. The van der Waals surface area contributed by atoms with Gasteiger partial charge >= 0.3 is 0 Å². The van der Waals surface area contributed by atoms with E-state index in [0.717, 1.165) is 22.6 Å². The molecule has 0 aliphatic carbocycles. The number of aromatic nitrogens is 1. The number of fused-ring (bicyclic) bond motifs is 2. The van der Waals surface area contributed by atoms with Gasteiger partial charge in [-0.2, -0.15) is 0 Å². The molecule has 0 unspecified atom stereocenters. The lowest BCUT2D eigenvalue weighted by Crippen LogP contribution is -2.40. The molecular formula is C17H15N3O. The number of H-pyrrole nitrogens is 1. The second-order valence-corrected chi connectivity index (χ2v) is 5.32. The molecule has 1 aliphatic heterocycles. The number of carbonyl (C=O) groups is 1. The second-order valence-electron chi connectivity index (χ2n) is 5.32. The van der Waals surface area contributed by atoms with Gasteiger partial charge in [-0.1, -0.05) is 30.3 Å². The Labute approximate surface area is 122 Å². The zero-order valence-corrected chi connectivity index (χ0v) is 11.4. The van der Waals surface area contributed by atoms with Crippen molar-refractivity contribution >= 4 is 28.2 Å². The normalized spacial score (nSPS) is 17.1. The highest BCUT2D eigenvalue weighted by Gasteiger charge is 2.25. The van der Waals surface area contributed by atoms with E-state index < -0.39 is 0 Å². The van der Waals surface area contributed by atoms with Crippen LogP contribution in [0, 0.1) is 0 Å². The highest BCUT2D eigenvalue weighted by atomic mass is 16.2. The van der Waals surface area contributed by atoms with Gasteiger partial charge in [0.2, 0.25) is 5.91 Å². The van der Waals surface area contributed by atoms with E-state index in [1.807, 2.05) is 42.5 Å². The lowest BCUT2D eigenvalue weighted by molar-refractivity contribution is -0.117. The Hall–Kier alpha value is -2.75. The number of rotatable bonds is 2. The first kappa shape index (κ1) is 12.0. The number of amides is 1. The van der Waals surface area contributed by atoms with Crippen molar-refractivity contribution in [2.45, 2.75) is 12.5 Å². The molecule has 3 N–H and O–H groups in total. The Morgan fingerprint density at radius 3 is 2.57 bits per heavy atom. The monoisotopic (exact) mass is 277 g/mol. The standard InChI is InChI=1S/C17H15N3O/c21-17-16(19-14-7-3-4-8-15(14)20-17)10-12-9-11-5-1-2-6-13(11)18-12/h1-9,16,18-19H,10H2,(H,20,21)/t16-/m1/s1. The van der Waals surface area contributed by atoms with E-state index in [2.05, 4.69) is 27.8 Å². The SMILES string of the molecule is O=C1Nc2ccccc2N[C@@H]1Cc1cc2ccccc2[nH]1. The third kappa shape index (κ3) is 2.14. The van der Waals surface area contributed by atoms with Crippen LogP contribution in [0.5, 0.6) is 0 Å². The molecule has 4 nitrogen and oxygen atoms in total. The second kappa shape index (κ2) is 4.66. The average Bonchev–Trinajstić information content (AvgIpc) is 2.90. The van der Waals surface area contributed by atoms with Gasteiger partial charge in [-0.05, 0) is 29.7 Å². The van der Waals surface area contributed by atoms with E-state index >= 15 is 0 Å². The van der Waals surface area contributed by atoms with Gasteiger partial charge in [0.15, 0.2) is 0 Å². The minimum atomic E-state index is -0.257. The van der Waals surface area contributed by atoms with E-state index in [4.69, 9.17) is 0 Å². The van der Waals surface area contributed by atoms with Crippen LogP contribution < -0.4 is 10.6 Å². The average molecular weight is 277 g/mol. The summed E-state index contributed by atoms with van der Waals surface area (Å²) in [6.45, 7) is 0. The van der Waals surface area contributed by atoms with Gasteiger partial charge in [0.05, 0.1) is 11.4 Å². The molecule has 0 radical (unpaired) electrons. The summed E-state index contributed by atoms with van der Waals surface area (Å²) in [5, 5.41) is 7.43. The van der Waals surface area contributed by atoms with Gasteiger partial charge in [0.25, 0.3) is 0 Å². The van der Waals surface area contributed by atoms with E-state index in [9.17, 15) is 4.79 Å². The number of hydrogen-bond donors (Lipinski definition) is 3.